The summed E-state index contributed by atoms with van der Waals surface area (Å²) in [5, 5.41) is 0.630. The quantitative estimate of drug-likeness (QED) is 0.682. The molecule has 1 aromatic carbocycles. The largest absolute Gasteiger partial charge is 0.298 e. The maximum Gasteiger partial charge on any atom is 0.149 e. The van der Waals surface area contributed by atoms with Gasteiger partial charge in [0.05, 0.1) is 6.54 Å². The van der Waals surface area contributed by atoms with Crippen molar-refractivity contribution in [1.82, 2.24) is 5.12 Å². The molecule has 0 N–H and O–H groups in total. The fourth-order valence-electron chi connectivity index (χ4n) is 1.83. The summed E-state index contributed by atoms with van der Waals surface area (Å²) >= 11 is 0. The number of hydrogen-bond donors (Lipinski definition) is 0. The maximum absolute atomic E-state index is 13.4. The SMILES string of the molecule is CC.CC(=O)C1Cc2ccccc2CN1F. The summed E-state index contributed by atoms with van der Waals surface area (Å²) in [4.78, 5) is 11.1. The van der Waals surface area contributed by atoms with Gasteiger partial charge >= 0.3 is 0 Å². The van der Waals surface area contributed by atoms with Crippen LogP contribution in [-0.4, -0.2) is 16.9 Å². The fraction of sp³-hybridized carbons (Fsp3) is 0.462. The third-order valence-corrected chi connectivity index (χ3v) is 2.66. The Morgan fingerprint density at radius 3 is 2.44 bits per heavy atom. The molecule has 0 saturated carbocycles. The highest BCUT2D eigenvalue weighted by Crippen LogP contribution is 2.23. The van der Waals surface area contributed by atoms with E-state index in [2.05, 4.69) is 0 Å². The lowest BCUT2D eigenvalue weighted by molar-refractivity contribution is -0.132. The van der Waals surface area contributed by atoms with E-state index in [1.807, 2.05) is 38.1 Å². The summed E-state index contributed by atoms with van der Waals surface area (Å²) in [6.45, 7) is 5.66. The Kier molecular flexibility index (Phi) is 4.62. The third kappa shape index (κ3) is 2.67. The van der Waals surface area contributed by atoms with Gasteiger partial charge in [-0.1, -0.05) is 38.1 Å². The summed E-state index contributed by atoms with van der Waals surface area (Å²) in [6, 6.07) is 7.08. The minimum Gasteiger partial charge on any atom is -0.298 e. The van der Waals surface area contributed by atoms with Gasteiger partial charge < -0.3 is 0 Å². The van der Waals surface area contributed by atoms with Gasteiger partial charge in [-0.2, -0.15) is 0 Å². The summed E-state index contributed by atoms with van der Waals surface area (Å²) in [5.74, 6) is -0.109. The second-order valence-electron chi connectivity index (χ2n) is 3.66. The van der Waals surface area contributed by atoms with E-state index >= 15 is 0 Å². The summed E-state index contributed by atoms with van der Waals surface area (Å²) in [6.07, 6.45) is 0.488. The van der Waals surface area contributed by atoms with Crippen LogP contribution in [0.1, 0.15) is 31.9 Å². The van der Waals surface area contributed by atoms with Crippen LogP contribution in [0.3, 0.4) is 0 Å². The molecule has 88 valence electrons. The second kappa shape index (κ2) is 5.75. The van der Waals surface area contributed by atoms with Crippen molar-refractivity contribution in [3.8, 4) is 0 Å². The Morgan fingerprint density at radius 2 is 1.88 bits per heavy atom. The molecule has 3 heteroatoms. The molecule has 0 fully saturated rings. The van der Waals surface area contributed by atoms with E-state index in [9.17, 15) is 9.28 Å². The van der Waals surface area contributed by atoms with Gasteiger partial charge in [-0.05, 0) is 24.5 Å². The van der Waals surface area contributed by atoms with E-state index in [-0.39, 0.29) is 12.3 Å². The summed E-state index contributed by atoms with van der Waals surface area (Å²) in [5.41, 5.74) is 2.06. The Labute approximate surface area is 96.0 Å². The number of benzene rings is 1. The van der Waals surface area contributed by atoms with E-state index in [0.29, 0.717) is 11.5 Å². The highest BCUT2D eigenvalue weighted by molar-refractivity contribution is 5.81. The van der Waals surface area contributed by atoms with E-state index in [0.717, 1.165) is 11.1 Å². The van der Waals surface area contributed by atoms with Crippen molar-refractivity contribution < 1.29 is 9.28 Å². The smallest absolute Gasteiger partial charge is 0.149 e. The Morgan fingerprint density at radius 1 is 1.31 bits per heavy atom. The average Bonchev–Trinajstić information content (AvgIpc) is 2.30. The number of ketones is 1. The normalized spacial score (nSPS) is 19.4. The van der Waals surface area contributed by atoms with Crippen LogP contribution in [0.4, 0.5) is 4.48 Å². The standard InChI is InChI=1S/C11H12FNO.C2H6/c1-8(14)11-6-9-4-2-3-5-10(9)7-13(11)12;1-2/h2-5,11H,6-7H2,1H3;1-2H3. The molecular formula is C13H18FNO. The highest BCUT2D eigenvalue weighted by atomic mass is 19.2. The zero-order valence-electron chi connectivity index (χ0n) is 10.0. The van der Waals surface area contributed by atoms with Crippen LogP contribution < -0.4 is 0 Å². The zero-order chi connectivity index (χ0) is 12.1. The van der Waals surface area contributed by atoms with Gasteiger partial charge in [0.2, 0.25) is 0 Å². The molecule has 16 heavy (non-hydrogen) atoms. The summed E-state index contributed by atoms with van der Waals surface area (Å²) in [7, 11) is 0. The number of Topliss-reactive ketones (excluding diaryl/α,β-unsaturated/α-hetero) is 1. The predicted octanol–water partition coefficient (Wildman–Crippen LogP) is 2.91. The van der Waals surface area contributed by atoms with Crippen molar-refractivity contribution in [2.45, 2.75) is 39.8 Å². The third-order valence-electron chi connectivity index (χ3n) is 2.66. The van der Waals surface area contributed by atoms with Crippen molar-refractivity contribution in [3.63, 3.8) is 0 Å². The monoisotopic (exact) mass is 223 g/mol. The van der Waals surface area contributed by atoms with Crippen LogP contribution in [0.2, 0.25) is 0 Å². The topological polar surface area (TPSA) is 20.3 Å². The zero-order valence-corrected chi connectivity index (χ0v) is 10.0. The van der Waals surface area contributed by atoms with E-state index in [4.69, 9.17) is 0 Å². The van der Waals surface area contributed by atoms with E-state index in [1.165, 1.54) is 6.92 Å². The first-order valence-corrected chi connectivity index (χ1v) is 5.68. The number of fused-ring (bicyclic) bond motifs is 1. The van der Waals surface area contributed by atoms with Crippen LogP contribution >= 0.6 is 0 Å². The lowest BCUT2D eigenvalue weighted by atomic mass is 9.94. The molecule has 0 aromatic heterocycles. The van der Waals surface area contributed by atoms with Gasteiger partial charge in [0, 0.05) is 0 Å². The molecule has 0 radical (unpaired) electrons. The molecule has 0 aliphatic carbocycles. The molecule has 1 atom stereocenters. The molecule has 1 aliphatic heterocycles. The number of carbonyl (C=O) groups is 1. The Hall–Kier alpha value is -1.22. The van der Waals surface area contributed by atoms with Crippen LogP contribution in [-0.2, 0) is 17.8 Å². The van der Waals surface area contributed by atoms with Crippen LogP contribution in [0.25, 0.3) is 0 Å². The lowest BCUT2D eigenvalue weighted by Crippen LogP contribution is -2.39. The van der Waals surface area contributed by atoms with Gasteiger partial charge in [-0.25, -0.2) is 0 Å². The van der Waals surface area contributed by atoms with Crippen LogP contribution in [0.15, 0.2) is 24.3 Å². The number of halogens is 1. The average molecular weight is 223 g/mol. The molecule has 1 heterocycles. The fourth-order valence-corrected chi connectivity index (χ4v) is 1.83. The molecule has 1 unspecified atom stereocenters. The molecule has 1 aliphatic rings. The van der Waals surface area contributed by atoms with Gasteiger partial charge in [0.25, 0.3) is 0 Å². The van der Waals surface area contributed by atoms with Gasteiger partial charge in [-0.15, -0.1) is 9.60 Å². The Bertz CT molecular complexity index is 365. The van der Waals surface area contributed by atoms with Crippen molar-refractivity contribution >= 4 is 5.78 Å². The van der Waals surface area contributed by atoms with E-state index in [1.54, 1.807) is 0 Å². The lowest BCUT2D eigenvalue weighted by Gasteiger charge is -2.28. The van der Waals surface area contributed by atoms with Gasteiger partial charge in [0.15, 0.2) is 0 Å². The molecular weight excluding hydrogens is 205 g/mol. The van der Waals surface area contributed by atoms with Crippen LogP contribution in [0, 0.1) is 0 Å². The maximum atomic E-state index is 13.4. The van der Waals surface area contributed by atoms with Gasteiger partial charge in [0.1, 0.15) is 11.8 Å². The van der Waals surface area contributed by atoms with Crippen molar-refractivity contribution in [2.24, 2.45) is 0 Å². The molecule has 2 rings (SSSR count). The number of nitrogens with zero attached hydrogens (tertiary/aromatic N) is 1. The van der Waals surface area contributed by atoms with Crippen molar-refractivity contribution in [2.75, 3.05) is 0 Å². The molecule has 0 spiro atoms. The molecule has 1 aromatic rings. The summed E-state index contributed by atoms with van der Waals surface area (Å²) < 4.78 is 13.4. The number of hydrogen-bond acceptors (Lipinski definition) is 2. The molecule has 0 amide bonds. The predicted molar refractivity (Wildman–Crippen MR) is 62.6 cm³/mol. The Balaban J connectivity index is 0.000000606. The molecule has 0 saturated heterocycles. The van der Waals surface area contributed by atoms with Crippen molar-refractivity contribution in [1.29, 1.82) is 0 Å². The van der Waals surface area contributed by atoms with E-state index < -0.39 is 6.04 Å². The molecule has 0 bridgehead atoms. The first kappa shape index (κ1) is 12.8. The number of rotatable bonds is 1. The van der Waals surface area contributed by atoms with Crippen molar-refractivity contribution in [3.05, 3.63) is 35.4 Å². The first-order chi connectivity index (χ1) is 7.68. The second-order valence-corrected chi connectivity index (χ2v) is 3.66. The minimum atomic E-state index is -0.593. The minimum absolute atomic E-state index is 0.109. The van der Waals surface area contributed by atoms with Gasteiger partial charge in [-0.3, -0.25) is 4.79 Å². The highest BCUT2D eigenvalue weighted by Gasteiger charge is 2.29. The number of carbonyl (C=O) groups excluding carboxylic acids is 1. The first-order valence-electron chi connectivity index (χ1n) is 5.68. The van der Waals surface area contributed by atoms with Crippen LogP contribution in [0.5, 0.6) is 0 Å². The molecule has 2 nitrogen and oxygen atoms in total.